The average molecular weight is 367 g/mol. The maximum atomic E-state index is 11.5. The fourth-order valence-electron chi connectivity index (χ4n) is 1.44. The number of aliphatic hydroxyl groups excluding tert-OH is 1. The fraction of sp³-hybridized carbons (Fsp3) is 0.462. The van der Waals surface area contributed by atoms with Crippen molar-refractivity contribution >= 4 is 33.4 Å². The van der Waals surface area contributed by atoms with E-state index in [-0.39, 0.29) is 19.1 Å². The highest BCUT2D eigenvalue weighted by molar-refractivity contribution is 9.10. The van der Waals surface area contributed by atoms with Gasteiger partial charge in [0.1, 0.15) is 5.75 Å². The highest BCUT2D eigenvalue weighted by Gasteiger charge is 2.07. The number of carbonyl (C=O) groups is 1. The molecule has 7 heteroatoms. The van der Waals surface area contributed by atoms with E-state index in [0.29, 0.717) is 28.2 Å². The first kappa shape index (κ1) is 17.2. The summed E-state index contributed by atoms with van der Waals surface area (Å²) in [5.74, 6) is 0.292. The minimum atomic E-state index is -0.577. The monoisotopic (exact) mass is 365 g/mol. The number of rotatable bonds is 8. The zero-order chi connectivity index (χ0) is 15.0. The zero-order valence-corrected chi connectivity index (χ0v) is 13.4. The molecular weight excluding hydrogens is 350 g/mol. The quantitative estimate of drug-likeness (QED) is 0.738. The van der Waals surface area contributed by atoms with Crippen LogP contribution >= 0.6 is 27.5 Å². The lowest BCUT2D eigenvalue weighted by molar-refractivity contribution is -0.123. The highest BCUT2D eigenvalue weighted by Crippen LogP contribution is 2.27. The van der Waals surface area contributed by atoms with Gasteiger partial charge in [0.15, 0.2) is 6.61 Å². The molecule has 0 aliphatic heterocycles. The van der Waals surface area contributed by atoms with Gasteiger partial charge in [-0.3, -0.25) is 4.79 Å². The SMILES string of the molecule is COCC(O)CCNC(=O)COc1ccc(Cl)cc1Br. The summed E-state index contributed by atoms with van der Waals surface area (Å²) in [6, 6.07) is 5.05. The Hall–Kier alpha value is -0.820. The number of hydrogen-bond donors (Lipinski definition) is 2. The van der Waals surface area contributed by atoms with Crippen LogP contribution in [0.5, 0.6) is 5.75 Å². The molecule has 1 rings (SSSR count). The Kier molecular flexibility index (Phi) is 7.91. The molecule has 2 N–H and O–H groups in total. The van der Waals surface area contributed by atoms with Crippen LogP contribution in [-0.4, -0.2) is 44.0 Å². The third-order valence-electron chi connectivity index (χ3n) is 2.41. The molecule has 1 aromatic rings. The van der Waals surface area contributed by atoms with Crippen molar-refractivity contribution in [3.63, 3.8) is 0 Å². The van der Waals surface area contributed by atoms with E-state index in [9.17, 15) is 9.90 Å². The molecule has 0 aliphatic carbocycles. The molecule has 1 amide bonds. The van der Waals surface area contributed by atoms with Crippen LogP contribution < -0.4 is 10.1 Å². The number of aliphatic hydroxyl groups is 1. The van der Waals surface area contributed by atoms with E-state index in [4.69, 9.17) is 21.1 Å². The molecule has 0 heterocycles. The Morgan fingerprint density at radius 2 is 2.30 bits per heavy atom. The van der Waals surface area contributed by atoms with Crippen molar-refractivity contribution in [1.29, 1.82) is 0 Å². The lowest BCUT2D eigenvalue weighted by Crippen LogP contribution is -2.32. The number of ether oxygens (including phenoxy) is 2. The summed E-state index contributed by atoms with van der Waals surface area (Å²) in [5, 5.41) is 12.6. The van der Waals surface area contributed by atoms with Crippen molar-refractivity contribution < 1.29 is 19.4 Å². The van der Waals surface area contributed by atoms with Crippen molar-refractivity contribution in [1.82, 2.24) is 5.32 Å². The smallest absolute Gasteiger partial charge is 0.257 e. The third-order valence-corrected chi connectivity index (χ3v) is 3.27. The second kappa shape index (κ2) is 9.18. The first-order valence-electron chi connectivity index (χ1n) is 6.04. The number of amides is 1. The number of halogens is 2. The highest BCUT2D eigenvalue weighted by atomic mass is 79.9. The summed E-state index contributed by atoms with van der Waals surface area (Å²) in [5.41, 5.74) is 0. The number of nitrogens with one attached hydrogen (secondary N) is 1. The molecule has 0 aliphatic rings. The van der Waals surface area contributed by atoms with Gasteiger partial charge in [-0.05, 0) is 40.5 Å². The molecule has 1 aromatic carbocycles. The number of carbonyl (C=O) groups excluding carboxylic acids is 1. The van der Waals surface area contributed by atoms with Crippen molar-refractivity contribution in [2.45, 2.75) is 12.5 Å². The molecule has 112 valence electrons. The topological polar surface area (TPSA) is 67.8 Å². The van der Waals surface area contributed by atoms with E-state index in [0.717, 1.165) is 0 Å². The Balaban J connectivity index is 2.26. The number of benzene rings is 1. The van der Waals surface area contributed by atoms with Crippen LogP contribution in [0.15, 0.2) is 22.7 Å². The Morgan fingerprint density at radius 3 is 2.95 bits per heavy atom. The van der Waals surface area contributed by atoms with E-state index < -0.39 is 6.10 Å². The number of hydrogen-bond acceptors (Lipinski definition) is 4. The average Bonchev–Trinajstić information content (AvgIpc) is 2.38. The summed E-state index contributed by atoms with van der Waals surface area (Å²) < 4.78 is 10.8. The first-order valence-corrected chi connectivity index (χ1v) is 7.21. The molecule has 0 fully saturated rings. The predicted octanol–water partition coefficient (Wildman–Crippen LogP) is 1.99. The molecule has 0 radical (unpaired) electrons. The van der Waals surface area contributed by atoms with E-state index >= 15 is 0 Å². The minimum absolute atomic E-state index is 0.0966. The predicted molar refractivity (Wildman–Crippen MR) is 80.2 cm³/mol. The van der Waals surface area contributed by atoms with Gasteiger partial charge in [-0.25, -0.2) is 0 Å². The van der Waals surface area contributed by atoms with E-state index in [2.05, 4.69) is 21.2 Å². The second-order valence-corrected chi connectivity index (χ2v) is 5.40. The van der Waals surface area contributed by atoms with Crippen LogP contribution in [0.3, 0.4) is 0 Å². The van der Waals surface area contributed by atoms with E-state index in [1.54, 1.807) is 18.2 Å². The van der Waals surface area contributed by atoms with Gasteiger partial charge in [0, 0.05) is 18.7 Å². The lowest BCUT2D eigenvalue weighted by Gasteiger charge is -2.11. The minimum Gasteiger partial charge on any atom is -0.483 e. The van der Waals surface area contributed by atoms with Crippen LogP contribution in [0, 0.1) is 0 Å². The van der Waals surface area contributed by atoms with Crippen LogP contribution in [0.2, 0.25) is 5.02 Å². The normalized spacial score (nSPS) is 12.0. The summed E-state index contributed by atoms with van der Waals surface area (Å²) in [7, 11) is 1.51. The molecule has 0 saturated carbocycles. The molecule has 20 heavy (non-hydrogen) atoms. The summed E-state index contributed by atoms with van der Waals surface area (Å²) in [6.45, 7) is 0.527. The van der Waals surface area contributed by atoms with Gasteiger partial charge in [0.2, 0.25) is 0 Å². The molecule has 1 atom stereocenters. The summed E-state index contributed by atoms with van der Waals surface area (Å²) in [4.78, 5) is 11.5. The first-order chi connectivity index (χ1) is 9.52. The van der Waals surface area contributed by atoms with Gasteiger partial charge in [-0.15, -0.1) is 0 Å². The van der Waals surface area contributed by atoms with Crippen molar-refractivity contribution in [3.8, 4) is 5.75 Å². The molecule has 0 saturated heterocycles. The maximum absolute atomic E-state index is 11.5. The molecular formula is C13H17BrClNO4. The standard InChI is InChI=1S/C13H17BrClNO4/c1-19-7-10(17)4-5-16-13(18)8-20-12-3-2-9(15)6-11(12)14/h2-3,6,10,17H,4-5,7-8H2,1H3,(H,16,18). The second-order valence-electron chi connectivity index (χ2n) is 4.11. The largest absolute Gasteiger partial charge is 0.483 e. The van der Waals surface area contributed by atoms with Gasteiger partial charge in [-0.1, -0.05) is 11.6 Å². The molecule has 0 spiro atoms. The Morgan fingerprint density at radius 1 is 1.55 bits per heavy atom. The summed E-state index contributed by atoms with van der Waals surface area (Å²) >= 11 is 9.10. The third kappa shape index (κ3) is 6.56. The van der Waals surface area contributed by atoms with E-state index in [1.165, 1.54) is 7.11 Å². The van der Waals surface area contributed by atoms with Gasteiger partial charge in [0.25, 0.3) is 5.91 Å². The van der Waals surface area contributed by atoms with Gasteiger partial charge in [0.05, 0.1) is 17.2 Å². The van der Waals surface area contributed by atoms with Gasteiger partial charge >= 0.3 is 0 Å². The van der Waals surface area contributed by atoms with Crippen molar-refractivity contribution in [3.05, 3.63) is 27.7 Å². The van der Waals surface area contributed by atoms with Crippen LogP contribution in [0.25, 0.3) is 0 Å². The van der Waals surface area contributed by atoms with E-state index in [1.807, 2.05) is 0 Å². The molecule has 5 nitrogen and oxygen atoms in total. The zero-order valence-electron chi connectivity index (χ0n) is 11.1. The summed E-state index contributed by atoms with van der Waals surface area (Å²) in [6.07, 6.45) is -0.142. The maximum Gasteiger partial charge on any atom is 0.257 e. The molecule has 0 bridgehead atoms. The lowest BCUT2D eigenvalue weighted by atomic mass is 10.2. The van der Waals surface area contributed by atoms with Crippen LogP contribution in [-0.2, 0) is 9.53 Å². The van der Waals surface area contributed by atoms with Gasteiger partial charge in [-0.2, -0.15) is 0 Å². The van der Waals surface area contributed by atoms with Crippen molar-refractivity contribution in [2.75, 3.05) is 26.9 Å². The Bertz CT molecular complexity index is 444. The van der Waals surface area contributed by atoms with Crippen LogP contribution in [0.1, 0.15) is 6.42 Å². The number of methoxy groups -OCH3 is 1. The Labute approximate surface area is 131 Å². The molecule has 0 aromatic heterocycles. The van der Waals surface area contributed by atoms with Crippen molar-refractivity contribution in [2.24, 2.45) is 0 Å². The van der Waals surface area contributed by atoms with Gasteiger partial charge < -0.3 is 19.9 Å². The van der Waals surface area contributed by atoms with Crippen LogP contribution in [0.4, 0.5) is 0 Å². The fourth-order valence-corrected chi connectivity index (χ4v) is 2.24. The molecule has 1 unspecified atom stereocenters.